The maximum atomic E-state index is 12.7. The highest BCUT2D eigenvalue weighted by Gasteiger charge is 2.19. The predicted molar refractivity (Wildman–Crippen MR) is 159 cm³/mol. The highest BCUT2D eigenvalue weighted by Crippen LogP contribution is 2.31. The third-order valence-electron chi connectivity index (χ3n) is 5.84. The Balaban J connectivity index is 1.34. The molecule has 2 amide bonds. The van der Waals surface area contributed by atoms with Crippen LogP contribution in [0.25, 0.3) is 5.69 Å². The lowest BCUT2D eigenvalue weighted by Crippen LogP contribution is -2.16. The number of nitrogens with zero attached hydrogens (tertiary/aromatic N) is 4. The average Bonchev–Trinajstić information content (AvgIpc) is 3.37. The number of methoxy groups -OCH3 is 1. The average molecular weight is 600 g/mol. The number of halogens is 2. The van der Waals surface area contributed by atoms with Crippen molar-refractivity contribution in [2.45, 2.75) is 37.8 Å². The van der Waals surface area contributed by atoms with Crippen LogP contribution in [0.3, 0.4) is 0 Å². The first-order valence-electron chi connectivity index (χ1n) is 12.3. The lowest BCUT2D eigenvalue weighted by atomic mass is 9.87. The van der Waals surface area contributed by atoms with Gasteiger partial charge in [0.1, 0.15) is 5.75 Å². The van der Waals surface area contributed by atoms with Crippen molar-refractivity contribution in [1.82, 2.24) is 20.2 Å². The van der Waals surface area contributed by atoms with E-state index in [0.717, 1.165) is 22.9 Å². The van der Waals surface area contributed by atoms with Crippen LogP contribution in [0.1, 0.15) is 31.9 Å². The summed E-state index contributed by atoms with van der Waals surface area (Å²) in [5.41, 5.74) is 3.40. The Hall–Kier alpha value is -3.60. The zero-order valence-electron chi connectivity index (χ0n) is 22.4. The van der Waals surface area contributed by atoms with E-state index in [0.29, 0.717) is 33.0 Å². The largest absolute Gasteiger partial charge is 0.497 e. The molecule has 0 fully saturated rings. The molecule has 12 heteroatoms. The number of tetrazole rings is 1. The minimum absolute atomic E-state index is 0.0351. The second kappa shape index (κ2) is 12.7. The van der Waals surface area contributed by atoms with Crippen molar-refractivity contribution in [1.29, 1.82) is 0 Å². The number of hydrogen-bond acceptors (Lipinski definition) is 7. The first kappa shape index (κ1) is 29.4. The number of aromatic nitrogens is 4. The van der Waals surface area contributed by atoms with Gasteiger partial charge in [-0.3, -0.25) is 9.59 Å². The highest BCUT2D eigenvalue weighted by molar-refractivity contribution is 7.99. The van der Waals surface area contributed by atoms with E-state index in [2.05, 4.69) is 46.9 Å². The lowest BCUT2D eigenvalue weighted by Gasteiger charge is -2.20. The quantitative estimate of drug-likeness (QED) is 0.221. The number of rotatable bonds is 9. The van der Waals surface area contributed by atoms with Crippen LogP contribution < -0.4 is 15.4 Å². The number of benzene rings is 3. The van der Waals surface area contributed by atoms with E-state index in [4.69, 9.17) is 27.9 Å². The minimum Gasteiger partial charge on any atom is -0.497 e. The summed E-state index contributed by atoms with van der Waals surface area (Å²) in [4.78, 5) is 25.1. The summed E-state index contributed by atoms with van der Waals surface area (Å²) in [6.07, 6.45) is 0.177. The zero-order chi connectivity index (χ0) is 28.9. The van der Waals surface area contributed by atoms with Crippen LogP contribution in [0.5, 0.6) is 5.75 Å². The molecule has 4 aromatic rings. The Morgan fingerprint density at radius 3 is 2.48 bits per heavy atom. The van der Waals surface area contributed by atoms with Crippen molar-refractivity contribution in [3.05, 3.63) is 81.8 Å². The van der Waals surface area contributed by atoms with Gasteiger partial charge < -0.3 is 15.4 Å². The maximum Gasteiger partial charge on any atom is 0.234 e. The number of carbonyl (C=O) groups is 2. The first-order chi connectivity index (χ1) is 19.0. The highest BCUT2D eigenvalue weighted by atomic mass is 35.5. The number of carbonyl (C=O) groups excluding carboxylic acids is 2. The molecule has 0 saturated heterocycles. The van der Waals surface area contributed by atoms with Crippen LogP contribution in [0.4, 0.5) is 11.4 Å². The second-order valence-electron chi connectivity index (χ2n) is 9.90. The Morgan fingerprint density at radius 1 is 0.975 bits per heavy atom. The van der Waals surface area contributed by atoms with Crippen LogP contribution in [0, 0.1) is 0 Å². The summed E-state index contributed by atoms with van der Waals surface area (Å²) in [6, 6.07) is 17.9. The zero-order valence-corrected chi connectivity index (χ0v) is 24.7. The fraction of sp³-hybridized carbons (Fsp3) is 0.250. The lowest BCUT2D eigenvalue weighted by molar-refractivity contribution is -0.115. The fourth-order valence-electron chi connectivity index (χ4n) is 3.75. The molecule has 4 rings (SSSR count). The van der Waals surface area contributed by atoms with Gasteiger partial charge in [0, 0.05) is 5.69 Å². The number of ether oxygens (including phenoxy) is 1. The van der Waals surface area contributed by atoms with Crippen LogP contribution in [-0.4, -0.2) is 44.9 Å². The molecule has 0 aliphatic carbocycles. The molecule has 0 bridgehead atoms. The number of nitrogens with one attached hydrogen (secondary N) is 2. The van der Waals surface area contributed by atoms with Crippen LogP contribution in [0.2, 0.25) is 10.0 Å². The first-order valence-corrected chi connectivity index (χ1v) is 14.0. The summed E-state index contributed by atoms with van der Waals surface area (Å²) in [5.74, 6) is 0.212. The Bertz CT molecular complexity index is 1540. The molecule has 0 spiro atoms. The third kappa shape index (κ3) is 7.53. The Morgan fingerprint density at radius 2 is 1.77 bits per heavy atom. The third-order valence-corrected chi connectivity index (χ3v) is 7.38. The molecule has 9 nitrogen and oxygen atoms in total. The number of anilines is 2. The SMILES string of the molecule is COc1cccc(CC(=O)Nc2ccc(NC(=O)CSc3nnnn3-c3ccc(C(C)(C)C)cc3Cl)c(Cl)c2)c1. The van der Waals surface area contributed by atoms with Gasteiger partial charge in [-0.1, -0.05) is 73.9 Å². The van der Waals surface area contributed by atoms with Gasteiger partial charge in [-0.15, -0.1) is 5.10 Å². The molecule has 1 heterocycles. The molecule has 0 saturated carbocycles. The van der Waals surface area contributed by atoms with E-state index in [9.17, 15) is 9.59 Å². The van der Waals surface area contributed by atoms with Gasteiger partial charge in [0.25, 0.3) is 0 Å². The molecule has 0 radical (unpaired) electrons. The summed E-state index contributed by atoms with van der Waals surface area (Å²) < 4.78 is 6.70. The van der Waals surface area contributed by atoms with E-state index >= 15 is 0 Å². The van der Waals surface area contributed by atoms with Crippen molar-refractivity contribution < 1.29 is 14.3 Å². The minimum atomic E-state index is -0.301. The van der Waals surface area contributed by atoms with Crippen molar-refractivity contribution in [2.75, 3.05) is 23.5 Å². The second-order valence-corrected chi connectivity index (χ2v) is 11.7. The Labute approximate surface area is 246 Å². The van der Waals surface area contributed by atoms with Crippen molar-refractivity contribution >= 4 is 58.2 Å². The number of thioether (sulfide) groups is 1. The van der Waals surface area contributed by atoms with E-state index in [-0.39, 0.29) is 34.4 Å². The van der Waals surface area contributed by atoms with E-state index in [1.165, 1.54) is 4.68 Å². The van der Waals surface area contributed by atoms with Crippen molar-refractivity contribution in [2.24, 2.45) is 0 Å². The molecule has 2 N–H and O–H groups in total. The summed E-state index contributed by atoms with van der Waals surface area (Å²) >= 11 is 14.1. The number of hydrogen-bond donors (Lipinski definition) is 2. The van der Waals surface area contributed by atoms with E-state index in [1.807, 2.05) is 36.4 Å². The van der Waals surface area contributed by atoms with Gasteiger partial charge in [0.2, 0.25) is 17.0 Å². The maximum absolute atomic E-state index is 12.7. The fourth-order valence-corrected chi connectivity index (χ4v) is 4.92. The van der Waals surface area contributed by atoms with Crippen LogP contribution in [-0.2, 0) is 21.4 Å². The van der Waals surface area contributed by atoms with Crippen molar-refractivity contribution in [3.63, 3.8) is 0 Å². The molecule has 0 aliphatic heterocycles. The molecule has 40 heavy (non-hydrogen) atoms. The van der Waals surface area contributed by atoms with E-state index < -0.39 is 0 Å². The van der Waals surface area contributed by atoms with Crippen molar-refractivity contribution in [3.8, 4) is 11.4 Å². The molecular formula is C28H28Cl2N6O3S. The van der Waals surface area contributed by atoms with Gasteiger partial charge in [-0.2, -0.15) is 4.68 Å². The molecule has 3 aromatic carbocycles. The molecule has 0 unspecified atom stereocenters. The van der Waals surface area contributed by atoms with Crippen LogP contribution in [0.15, 0.2) is 65.8 Å². The predicted octanol–water partition coefficient (Wildman–Crippen LogP) is 6.19. The van der Waals surface area contributed by atoms with Gasteiger partial charge in [0.15, 0.2) is 0 Å². The Kier molecular flexibility index (Phi) is 9.34. The summed E-state index contributed by atoms with van der Waals surface area (Å²) in [6.45, 7) is 6.32. The molecule has 0 aliphatic rings. The molecule has 1 aromatic heterocycles. The number of amides is 2. The normalized spacial score (nSPS) is 11.2. The van der Waals surface area contributed by atoms with Gasteiger partial charge >= 0.3 is 0 Å². The van der Waals surface area contributed by atoms with Gasteiger partial charge in [-0.05, 0) is 69.4 Å². The topological polar surface area (TPSA) is 111 Å². The van der Waals surface area contributed by atoms with E-state index in [1.54, 1.807) is 31.4 Å². The standard InChI is InChI=1S/C28H28Cl2N6O3S/c1-28(2,3)18-8-11-24(22(30)14-18)36-27(33-34-35-36)40-16-26(38)32-23-10-9-19(15-21(23)29)31-25(37)13-17-6-5-7-20(12-17)39-4/h5-12,14-15H,13,16H2,1-4H3,(H,31,37)(H,32,38). The summed E-state index contributed by atoms with van der Waals surface area (Å²) in [5, 5.41) is 18.6. The smallest absolute Gasteiger partial charge is 0.234 e. The molecule has 208 valence electrons. The van der Waals surface area contributed by atoms with Gasteiger partial charge in [-0.25, -0.2) is 0 Å². The summed E-state index contributed by atoms with van der Waals surface area (Å²) in [7, 11) is 1.58. The molecule has 0 atom stereocenters. The monoisotopic (exact) mass is 598 g/mol. The van der Waals surface area contributed by atoms with Gasteiger partial charge in [0.05, 0.1) is 40.7 Å². The molecular weight excluding hydrogens is 571 g/mol. The van der Waals surface area contributed by atoms with Crippen LogP contribution >= 0.6 is 35.0 Å².